The van der Waals surface area contributed by atoms with Crippen LogP contribution in [0.2, 0.25) is 10.0 Å². The summed E-state index contributed by atoms with van der Waals surface area (Å²) in [6, 6.07) is 10.9. The number of halogens is 3. The van der Waals surface area contributed by atoms with Gasteiger partial charge in [0.25, 0.3) is 5.91 Å². The van der Waals surface area contributed by atoms with Gasteiger partial charge in [0.05, 0.1) is 10.0 Å². The lowest BCUT2D eigenvalue weighted by molar-refractivity contribution is -0.122. The van der Waals surface area contributed by atoms with Gasteiger partial charge in [-0.15, -0.1) is 0 Å². The highest BCUT2D eigenvalue weighted by Gasteiger charge is 2.19. The van der Waals surface area contributed by atoms with Crippen LogP contribution in [0, 0.1) is 5.82 Å². The molecular formula is C16H14Cl2FNO2. The summed E-state index contributed by atoms with van der Waals surface area (Å²) in [6.07, 6.45) is -0.268. The molecular weight excluding hydrogens is 328 g/mol. The summed E-state index contributed by atoms with van der Waals surface area (Å²) in [5.74, 6) is -0.465. The van der Waals surface area contributed by atoms with Crippen LogP contribution in [0.5, 0.6) is 5.75 Å². The van der Waals surface area contributed by atoms with E-state index in [2.05, 4.69) is 5.32 Å². The molecule has 1 atom stereocenters. The molecule has 0 bridgehead atoms. The third-order valence-electron chi connectivity index (χ3n) is 2.96. The highest BCUT2D eigenvalue weighted by molar-refractivity contribution is 6.32. The van der Waals surface area contributed by atoms with E-state index in [4.69, 9.17) is 27.9 Å². The summed E-state index contributed by atoms with van der Waals surface area (Å²) in [7, 11) is 0. The summed E-state index contributed by atoms with van der Waals surface area (Å²) >= 11 is 11.7. The summed E-state index contributed by atoms with van der Waals surface area (Å²) in [4.78, 5) is 12.2. The van der Waals surface area contributed by atoms with Gasteiger partial charge in [-0.2, -0.15) is 0 Å². The number of amides is 1. The lowest BCUT2D eigenvalue weighted by Crippen LogP contribution is -2.32. The van der Waals surface area contributed by atoms with E-state index in [0.29, 0.717) is 22.9 Å². The summed E-state index contributed by atoms with van der Waals surface area (Å²) in [5, 5.41) is 3.01. The van der Waals surface area contributed by atoms with Crippen LogP contribution in [0.15, 0.2) is 42.5 Å². The Balaban J connectivity index is 2.08. The number of carbonyl (C=O) groups is 1. The van der Waals surface area contributed by atoms with Crippen LogP contribution in [-0.4, -0.2) is 12.0 Å². The lowest BCUT2D eigenvalue weighted by Gasteiger charge is -2.18. The van der Waals surface area contributed by atoms with Crippen LogP contribution < -0.4 is 10.1 Å². The topological polar surface area (TPSA) is 38.3 Å². The van der Waals surface area contributed by atoms with Crippen molar-refractivity contribution >= 4 is 34.8 Å². The molecule has 1 N–H and O–H groups in total. The largest absolute Gasteiger partial charge is 0.479 e. The Morgan fingerprint density at radius 3 is 2.59 bits per heavy atom. The van der Waals surface area contributed by atoms with Gasteiger partial charge in [-0.05, 0) is 36.8 Å². The predicted octanol–water partition coefficient (Wildman–Crippen LogP) is 4.93. The fraction of sp³-hybridized carbons (Fsp3) is 0.188. The maximum Gasteiger partial charge on any atom is 0.265 e. The number of anilines is 1. The van der Waals surface area contributed by atoms with E-state index >= 15 is 0 Å². The number of carbonyl (C=O) groups excluding carboxylic acids is 1. The summed E-state index contributed by atoms with van der Waals surface area (Å²) in [5.41, 5.74) is 0.401. The molecule has 116 valence electrons. The van der Waals surface area contributed by atoms with Gasteiger partial charge < -0.3 is 10.1 Å². The van der Waals surface area contributed by atoms with Gasteiger partial charge in [-0.1, -0.05) is 42.3 Å². The van der Waals surface area contributed by atoms with Gasteiger partial charge in [0.1, 0.15) is 11.6 Å². The Hall–Kier alpha value is -1.78. The molecule has 0 fully saturated rings. The van der Waals surface area contributed by atoms with Crippen molar-refractivity contribution in [1.82, 2.24) is 0 Å². The Bertz CT molecular complexity index is 679. The SMILES string of the molecule is CC[C@@H](Oc1ccccc1Cl)C(=O)Nc1ccc(F)c(Cl)c1. The average molecular weight is 342 g/mol. The van der Waals surface area contributed by atoms with Crippen LogP contribution in [0.4, 0.5) is 10.1 Å². The molecule has 2 rings (SSSR count). The van der Waals surface area contributed by atoms with Crippen molar-refractivity contribution in [3.63, 3.8) is 0 Å². The minimum atomic E-state index is -0.719. The molecule has 0 aliphatic carbocycles. The van der Waals surface area contributed by atoms with E-state index in [9.17, 15) is 9.18 Å². The molecule has 0 radical (unpaired) electrons. The van der Waals surface area contributed by atoms with Crippen molar-refractivity contribution in [3.05, 3.63) is 58.3 Å². The lowest BCUT2D eigenvalue weighted by atomic mass is 10.2. The highest BCUT2D eigenvalue weighted by Crippen LogP contribution is 2.25. The van der Waals surface area contributed by atoms with Crippen LogP contribution in [-0.2, 0) is 4.79 Å². The molecule has 0 saturated carbocycles. The Morgan fingerprint density at radius 1 is 1.23 bits per heavy atom. The third-order valence-corrected chi connectivity index (χ3v) is 3.56. The van der Waals surface area contributed by atoms with Crippen molar-refractivity contribution in [1.29, 1.82) is 0 Å². The maximum absolute atomic E-state index is 13.1. The van der Waals surface area contributed by atoms with Gasteiger partial charge in [0, 0.05) is 5.69 Å². The Kier molecular flexibility index (Phi) is 5.63. The number of para-hydroxylation sites is 1. The van der Waals surface area contributed by atoms with Gasteiger partial charge >= 0.3 is 0 Å². The minimum absolute atomic E-state index is 0.0575. The van der Waals surface area contributed by atoms with Crippen molar-refractivity contribution in [2.24, 2.45) is 0 Å². The van der Waals surface area contributed by atoms with Gasteiger partial charge in [0.15, 0.2) is 6.10 Å². The summed E-state index contributed by atoms with van der Waals surface area (Å²) in [6.45, 7) is 1.82. The molecule has 0 spiro atoms. The van der Waals surface area contributed by atoms with E-state index < -0.39 is 11.9 Å². The van der Waals surface area contributed by atoms with Crippen molar-refractivity contribution in [3.8, 4) is 5.75 Å². The van der Waals surface area contributed by atoms with Crippen molar-refractivity contribution in [2.45, 2.75) is 19.4 Å². The smallest absolute Gasteiger partial charge is 0.265 e. The molecule has 2 aromatic carbocycles. The number of benzene rings is 2. The van der Waals surface area contributed by atoms with Gasteiger partial charge in [-0.3, -0.25) is 4.79 Å². The average Bonchev–Trinajstić information content (AvgIpc) is 2.50. The Morgan fingerprint density at radius 2 is 1.95 bits per heavy atom. The fourth-order valence-electron chi connectivity index (χ4n) is 1.81. The maximum atomic E-state index is 13.1. The second kappa shape index (κ2) is 7.47. The minimum Gasteiger partial charge on any atom is -0.479 e. The molecule has 0 saturated heterocycles. The summed E-state index contributed by atoms with van der Waals surface area (Å²) < 4.78 is 18.7. The zero-order valence-electron chi connectivity index (χ0n) is 11.8. The normalized spacial score (nSPS) is 11.8. The van der Waals surface area contributed by atoms with E-state index in [0.717, 1.165) is 0 Å². The fourth-order valence-corrected chi connectivity index (χ4v) is 2.17. The second-order valence-electron chi connectivity index (χ2n) is 4.56. The van der Waals surface area contributed by atoms with Crippen molar-refractivity contribution in [2.75, 3.05) is 5.32 Å². The number of hydrogen-bond donors (Lipinski definition) is 1. The first-order chi connectivity index (χ1) is 10.5. The van der Waals surface area contributed by atoms with Crippen LogP contribution in [0.1, 0.15) is 13.3 Å². The molecule has 0 unspecified atom stereocenters. The molecule has 1 amide bonds. The first kappa shape index (κ1) is 16.6. The van der Waals surface area contributed by atoms with E-state index in [1.807, 2.05) is 6.92 Å². The van der Waals surface area contributed by atoms with E-state index in [-0.39, 0.29) is 10.9 Å². The first-order valence-electron chi connectivity index (χ1n) is 6.68. The van der Waals surface area contributed by atoms with Crippen LogP contribution >= 0.6 is 23.2 Å². The molecule has 22 heavy (non-hydrogen) atoms. The van der Waals surface area contributed by atoms with E-state index in [1.54, 1.807) is 24.3 Å². The van der Waals surface area contributed by atoms with Gasteiger partial charge in [-0.25, -0.2) is 4.39 Å². The monoisotopic (exact) mass is 341 g/mol. The second-order valence-corrected chi connectivity index (χ2v) is 5.38. The van der Waals surface area contributed by atoms with Crippen molar-refractivity contribution < 1.29 is 13.9 Å². The number of rotatable bonds is 5. The Labute approximate surface area is 138 Å². The van der Waals surface area contributed by atoms with Crippen LogP contribution in [0.25, 0.3) is 0 Å². The number of hydrogen-bond acceptors (Lipinski definition) is 2. The molecule has 0 aliphatic heterocycles. The quantitative estimate of drug-likeness (QED) is 0.837. The molecule has 6 heteroatoms. The molecule has 0 aromatic heterocycles. The number of nitrogens with one attached hydrogen (secondary N) is 1. The third kappa shape index (κ3) is 4.12. The molecule has 0 heterocycles. The molecule has 0 aliphatic rings. The number of ether oxygens (including phenoxy) is 1. The highest BCUT2D eigenvalue weighted by atomic mass is 35.5. The van der Waals surface area contributed by atoms with Crippen LogP contribution in [0.3, 0.4) is 0 Å². The zero-order valence-corrected chi connectivity index (χ0v) is 13.3. The molecule has 3 nitrogen and oxygen atoms in total. The predicted molar refractivity (Wildman–Crippen MR) is 86.2 cm³/mol. The van der Waals surface area contributed by atoms with Gasteiger partial charge in [0.2, 0.25) is 0 Å². The molecule has 2 aromatic rings. The zero-order chi connectivity index (χ0) is 16.1. The van der Waals surface area contributed by atoms with E-state index in [1.165, 1.54) is 18.2 Å². The first-order valence-corrected chi connectivity index (χ1v) is 7.44. The standard InChI is InChI=1S/C16H14Cl2FNO2/c1-2-14(22-15-6-4-3-5-11(15)17)16(21)20-10-7-8-13(19)12(18)9-10/h3-9,14H,2H2,1H3,(H,20,21)/t14-/m1/s1.